The molecule has 0 saturated heterocycles. The molecule has 0 aliphatic carbocycles. The SMILES string of the molecule is O=C1C(c2ccccc2)=S=C2C=C(c3ccccc3)Oc3ccccc3N12. The maximum absolute atomic E-state index is 13.3. The molecule has 0 bridgehead atoms. The fourth-order valence-electron chi connectivity index (χ4n) is 3.22. The zero-order chi connectivity index (χ0) is 18.2. The third kappa shape index (κ3) is 2.71. The third-order valence-electron chi connectivity index (χ3n) is 4.50. The summed E-state index contributed by atoms with van der Waals surface area (Å²) in [5.41, 5.74) is 2.67. The molecule has 130 valence electrons. The number of anilines is 1. The van der Waals surface area contributed by atoms with Gasteiger partial charge in [0.05, 0.1) is 5.69 Å². The Morgan fingerprint density at radius 2 is 1.37 bits per heavy atom. The van der Waals surface area contributed by atoms with Gasteiger partial charge in [-0.05, 0) is 17.7 Å². The summed E-state index contributed by atoms with van der Waals surface area (Å²) >= 11 is 0. The van der Waals surface area contributed by atoms with Crippen molar-refractivity contribution in [2.75, 3.05) is 4.90 Å². The summed E-state index contributed by atoms with van der Waals surface area (Å²) in [6.07, 6.45) is 1.95. The fourth-order valence-corrected chi connectivity index (χ4v) is 4.30. The van der Waals surface area contributed by atoms with Crippen LogP contribution in [-0.4, -0.2) is 15.8 Å². The van der Waals surface area contributed by atoms with Crippen LogP contribution in [0.25, 0.3) is 5.76 Å². The van der Waals surface area contributed by atoms with Gasteiger partial charge in [-0.2, -0.15) is 0 Å². The van der Waals surface area contributed by atoms with Crippen LogP contribution in [0.5, 0.6) is 5.75 Å². The normalized spacial score (nSPS) is 15.3. The van der Waals surface area contributed by atoms with Crippen molar-refractivity contribution in [3.8, 4) is 5.75 Å². The number of nitrogens with zero attached hydrogens (tertiary/aromatic N) is 1. The van der Waals surface area contributed by atoms with E-state index >= 15 is 0 Å². The number of hydrogen-bond donors (Lipinski definition) is 0. The van der Waals surface area contributed by atoms with Crippen LogP contribution in [0.3, 0.4) is 0 Å². The molecule has 0 spiro atoms. The van der Waals surface area contributed by atoms with E-state index in [4.69, 9.17) is 4.74 Å². The Bertz CT molecular complexity index is 1140. The van der Waals surface area contributed by atoms with Gasteiger partial charge in [0.2, 0.25) is 0 Å². The number of rotatable bonds is 2. The molecule has 0 atom stereocenters. The predicted molar refractivity (Wildman–Crippen MR) is 112 cm³/mol. The molecule has 5 rings (SSSR count). The molecule has 2 aliphatic rings. The molecule has 0 unspecified atom stereocenters. The number of ether oxygens (including phenoxy) is 1. The summed E-state index contributed by atoms with van der Waals surface area (Å²) < 4.78 is 6.19. The van der Waals surface area contributed by atoms with Crippen molar-refractivity contribution in [2.24, 2.45) is 0 Å². The highest BCUT2D eigenvalue weighted by molar-refractivity contribution is 8.01. The Balaban J connectivity index is 1.73. The molecule has 0 radical (unpaired) electrons. The first-order chi connectivity index (χ1) is 13.3. The van der Waals surface area contributed by atoms with E-state index < -0.39 is 0 Å². The van der Waals surface area contributed by atoms with Gasteiger partial charge < -0.3 is 4.74 Å². The fraction of sp³-hybridized carbons (Fsp3) is 0. The van der Waals surface area contributed by atoms with Crippen LogP contribution in [0, 0.1) is 0 Å². The lowest BCUT2D eigenvalue weighted by Crippen LogP contribution is -2.35. The van der Waals surface area contributed by atoms with Crippen molar-refractivity contribution in [2.45, 2.75) is 0 Å². The zero-order valence-corrected chi connectivity index (χ0v) is 15.1. The molecule has 3 aromatic carbocycles. The number of fused-ring (bicyclic) bond motifs is 3. The van der Waals surface area contributed by atoms with Gasteiger partial charge in [-0.25, -0.2) is 0 Å². The molecule has 0 aromatic heterocycles. The minimum atomic E-state index is -0.0252. The maximum Gasteiger partial charge on any atom is 0.274 e. The third-order valence-corrected chi connectivity index (χ3v) is 5.62. The Morgan fingerprint density at radius 1 is 0.741 bits per heavy atom. The number of hydrogen-bond acceptors (Lipinski definition) is 2. The summed E-state index contributed by atoms with van der Waals surface area (Å²) in [4.78, 5) is 16.6. The molecule has 0 fully saturated rings. The van der Waals surface area contributed by atoms with E-state index in [0.717, 1.165) is 32.4 Å². The standard InChI is InChI=1S/C23H15NO2S/c25-23-22(17-11-5-2-6-12-17)27-21-15-20(16-9-3-1-4-10-16)26-19-14-8-7-13-18(19)24(21)23/h1-15H. The van der Waals surface area contributed by atoms with Crippen LogP contribution in [-0.2, 0) is 4.79 Å². The minimum absolute atomic E-state index is 0.0252. The molecule has 2 aliphatic heterocycles. The van der Waals surface area contributed by atoms with Gasteiger partial charge in [0, 0.05) is 11.6 Å². The molecule has 3 nitrogen and oxygen atoms in total. The largest absolute Gasteiger partial charge is 0.454 e. The summed E-state index contributed by atoms with van der Waals surface area (Å²) in [7, 11) is 1.48. The molecule has 27 heavy (non-hydrogen) atoms. The summed E-state index contributed by atoms with van der Waals surface area (Å²) in [5.74, 6) is 1.38. The number of benzene rings is 3. The predicted octanol–water partition coefficient (Wildman–Crippen LogP) is 4.55. The van der Waals surface area contributed by atoms with Gasteiger partial charge in [-0.1, -0.05) is 72.8 Å². The maximum atomic E-state index is 13.3. The topological polar surface area (TPSA) is 29.5 Å². The van der Waals surface area contributed by atoms with Crippen molar-refractivity contribution in [3.63, 3.8) is 0 Å². The molecule has 1 amide bonds. The van der Waals surface area contributed by atoms with Crippen molar-refractivity contribution >= 4 is 38.1 Å². The second-order valence-corrected chi connectivity index (χ2v) is 7.25. The van der Waals surface area contributed by atoms with Crippen LogP contribution >= 0.6 is 10.9 Å². The first-order valence-electron chi connectivity index (χ1n) is 8.67. The van der Waals surface area contributed by atoms with Crippen LogP contribution in [0.2, 0.25) is 0 Å². The highest BCUT2D eigenvalue weighted by Crippen LogP contribution is 2.37. The highest BCUT2D eigenvalue weighted by Gasteiger charge is 2.33. The number of carbonyl (C=O) groups is 1. The molecular formula is C23H15NO2S. The van der Waals surface area contributed by atoms with Gasteiger partial charge in [0.1, 0.15) is 15.6 Å². The lowest BCUT2D eigenvalue weighted by molar-refractivity contribution is -0.111. The van der Waals surface area contributed by atoms with Crippen molar-refractivity contribution in [3.05, 3.63) is 102 Å². The van der Waals surface area contributed by atoms with E-state index in [1.54, 1.807) is 4.90 Å². The van der Waals surface area contributed by atoms with Crippen molar-refractivity contribution in [1.29, 1.82) is 0 Å². The van der Waals surface area contributed by atoms with Gasteiger partial charge in [0.15, 0.2) is 5.75 Å². The van der Waals surface area contributed by atoms with E-state index in [1.165, 1.54) is 10.9 Å². The molecule has 0 saturated carbocycles. The second kappa shape index (κ2) is 6.41. The van der Waals surface area contributed by atoms with Gasteiger partial charge in [-0.3, -0.25) is 9.69 Å². The summed E-state index contributed by atoms with van der Waals surface area (Å²) in [6, 6.07) is 27.4. The van der Waals surface area contributed by atoms with E-state index in [-0.39, 0.29) is 5.91 Å². The highest BCUT2D eigenvalue weighted by atomic mass is 32.1. The number of amides is 1. The molecular weight excluding hydrogens is 354 g/mol. The summed E-state index contributed by atoms with van der Waals surface area (Å²) in [5, 5.41) is 0. The zero-order valence-electron chi connectivity index (χ0n) is 14.3. The second-order valence-electron chi connectivity index (χ2n) is 6.22. The van der Waals surface area contributed by atoms with E-state index in [0.29, 0.717) is 5.75 Å². The van der Waals surface area contributed by atoms with E-state index in [1.807, 2.05) is 91.0 Å². The van der Waals surface area contributed by atoms with Crippen LogP contribution in [0.15, 0.2) is 91.0 Å². The number of para-hydroxylation sites is 2. The lowest BCUT2D eigenvalue weighted by Gasteiger charge is -2.18. The van der Waals surface area contributed by atoms with Crippen LogP contribution in [0.4, 0.5) is 5.69 Å². The molecule has 2 heterocycles. The van der Waals surface area contributed by atoms with Crippen LogP contribution in [0.1, 0.15) is 11.1 Å². The average molecular weight is 369 g/mol. The van der Waals surface area contributed by atoms with Gasteiger partial charge in [0.25, 0.3) is 5.91 Å². The van der Waals surface area contributed by atoms with E-state index in [9.17, 15) is 4.79 Å². The smallest absolute Gasteiger partial charge is 0.274 e. The van der Waals surface area contributed by atoms with E-state index in [2.05, 4.69) is 0 Å². The Labute approximate surface area is 160 Å². The Kier molecular flexibility index (Phi) is 3.77. The monoisotopic (exact) mass is 369 g/mol. The van der Waals surface area contributed by atoms with Gasteiger partial charge in [-0.15, -0.1) is 10.9 Å². The molecule has 3 aromatic rings. The molecule has 4 heteroatoms. The Hall–Kier alpha value is -3.37. The van der Waals surface area contributed by atoms with Crippen LogP contribution < -0.4 is 9.64 Å². The van der Waals surface area contributed by atoms with Gasteiger partial charge >= 0.3 is 0 Å². The minimum Gasteiger partial charge on any atom is -0.454 e. The first kappa shape index (κ1) is 15.9. The average Bonchev–Trinajstić information content (AvgIpc) is 2.95. The first-order valence-corrected chi connectivity index (χ1v) is 9.48. The van der Waals surface area contributed by atoms with Crippen molar-refractivity contribution < 1.29 is 9.53 Å². The number of carbonyl (C=O) groups excluding carboxylic acids is 1. The summed E-state index contributed by atoms with van der Waals surface area (Å²) in [6.45, 7) is 0. The van der Waals surface area contributed by atoms with Crippen molar-refractivity contribution in [1.82, 2.24) is 0 Å². The molecule has 0 N–H and O–H groups in total. The Morgan fingerprint density at radius 3 is 2.11 bits per heavy atom. The lowest BCUT2D eigenvalue weighted by atomic mass is 10.1. The quantitative estimate of drug-likeness (QED) is 0.620.